The van der Waals surface area contributed by atoms with Crippen molar-refractivity contribution in [3.63, 3.8) is 0 Å². The summed E-state index contributed by atoms with van der Waals surface area (Å²) in [4.78, 5) is 2.66. The van der Waals surface area contributed by atoms with Crippen LogP contribution >= 0.6 is 27.3 Å². The molecule has 2 aromatic rings. The van der Waals surface area contributed by atoms with Gasteiger partial charge in [-0.2, -0.15) is 0 Å². The second kappa shape index (κ2) is 5.88. The van der Waals surface area contributed by atoms with Gasteiger partial charge in [0.05, 0.1) is 0 Å². The molecule has 1 aliphatic heterocycles. The second-order valence-electron chi connectivity index (χ2n) is 5.08. The zero-order valence-electron chi connectivity index (χ0n) is 11.7. The molecule has 1 aliphatic rings. The molecule has 20 heavy (non-hydrogen) atoms. The number of nitrogens with one attached hydrogen (secondary N) is 1. The Morgan fingerprint density at radius 3 is 2.90 bits per heavy atom. The monoisotopic (exact) mass is 351 g/mol. The molecule has 0 saturated heterocycles. The molecule has 1 aromatic heterocycles. The van der Waals surface area contributed by atoms with Crippen LogP contribution in [0.15, 0.2) is 34.8 Å². The van der Waals surface area contributed by atoms with Gasteiger partial charge in [-0.15, -0.1) is 11.3 Å². The topological polar surface area (TPSA) is 21.3 Å². The predicted molar refractivity (Wildman–Crippen MR) is 87.6 cm³/mol. The van der Waals surface area contributed by atoms with E-state index in [1.165, 1.54) is 15.3 Å². The van der Waals surface area contributed by atoms with Crippen LogP contribution in [0.3, 0.4) is 0 Å². The molecular formula is C16H18BrNOS. The molecule has 0 amide bonds. The van der Waals surface area contributed by atoms with Crippen molar-refractivity contribution in [1.82, 2.24) is 5.32 Å². The molecule has 3 rings (SSSR count). The zero-order chi connectivity index (χ0) is 14.1. The molecule has 0 aliphatic carbocycles. The van der Waals surface area contributed by atoms with Gasteiger partial charge < -0.3 is 10.1 Å². The van der Waals surface area contributed by atoms with Gasteiger partial charge in [-0.1, -0.05) is 22.9 Å². The van der Waals surface area contributed by atoms with Crippen LogP contribution in [-0.4, -0.2) is 6.54 Å². The van der Waals surface area contributed by atoms with Gasteiger partial charge in [0.25, 0.3) is 0 Å². The molecule has 2 heterocycles. The maximum Gasteiger partial charge on any atom is 0.135 e. The lowest BCUT2D eigenvalue weighted by Crippen LogP contribution is -2.28. The Morgan fingerprint density at radius 1 is 1.35 bits per heavy atom. The fourth-order valence-electron chi connectivity index (χ4n) is 2.68. The van der Waals surface area contributed by atoms with E-state index in [0.29, 0.717) is 6.04 Å². The fraction of sp³-hybridized carbons (Fsp3) is 0.375. The number of thiophene rings is 1. The van der Waals surface area contributed by atoms with Gasteiger partial charge in [0, 0.05) is 32.3 Å². The van der Waals surface area contributed by atoms with Crippen molar-refractivity contribution in [2.75, 3.05) is 6.54 Å². The maximum absolute atomic E-state index is 6.21. The molecule has 2 unspecified atom stereocenters. The highest BCUT2D eigenvalue weighted by Gasteiger charge is 2.29. The van der Waals surface area contributed by atoms with E-state index in [1.54, 1.807) is 0 Å². The van der Waals surface area contributed by atoms with Gasteiger partial charge >= 0.3 is 0 Å². The van der Waals surface area contributed by atoms with Crippen LogP contribution in [0.5, 0.6) is 5.75 Å². The molecule has 1 N–H and O–H groups in total. The van der Waals surface area contributed by atoms with Crippen LogP contribution in [0.2, 0.25) is 0 Å². The van der Waals surface area contributed by atoms with Gasteiger partial charge in [0.1, 0.15) is 11.9 Å². The molecule has 106 valence electrons. The van der Waals surface area contributed by atoms with Crippen molar-refractivity contribution < 1.29 is 4.74 Å². The van der Waals surface area contributed by atoms with E-state index in [-0.39, 0.29) is 6.10 Å². The van der Waals surface area contributed by atoms with E-state index >= 15 is 0 Å². The van der Waals surface area contributed by atoms with E-state index < -0.39 is 0 Å². The van der Waals surface area contributed by atoms with Crippen molar-refractivity contribution in [1.29, 1.82) is 0 Å². The molecule has 1 aromatic carbocycles. The van der Waals surface area contributed by atoms with Crippen molar-refractivity contribution in [3.05, 3.63) is 50.1 Å². The van der Waals surface area contributed by atoms with E-state index in [0.717, 1.165) is 23.2 Å². The number of aryl methyl sites for hydroxylation is 1. The van der Waals surface area contributed by atoms with Gasteiger partial charge in [0.15, 0.2) is 0 Å². The van der Waals surface area contributed by atoms with Gasteiger partial charge in [-0.25, -0.2) is 0 Å². The summed E-state index contributed by atoms with van der Waals surface area (Å²) in [6.45, 7) is 5.26. The fourth-order valence-corrected chi connectivity index (χ4v) is 3.98. The quantitative estimate of drug-likeness (QED) is 0.840. The average Bonchev–Trinajstić information content (AvgIpc) is 2.86. The standard InChI is InChI=1S/C16H18BrNOS/c1-3-18-13-9-15(16-7-4-10(2)20-16)19-14-6-5-11(17)8-12(13)14/h4-8,13,15,18H,3,9H2,1-2H3. The predicted octanol–water partition coefficient (Wildman–Crippen LogP) is 4.99. The molecular weight excluding hydrogens is 334 g/mol. The number of rotatable bonds is 3. The van der Waals surface area contributed by atoms with Crippen molar-refractivity contribution in [3.8, 4) is 5.75 Å². The number of hydrogen-bond donors (Lipinski definition) is 1. The zero-order valence-corrected chi connectivity index (χ0v) is 14.1. The molecule has 4 heteroatoms. The largest absolute Gasteiger partial charge is 0.484 e. The third-order valence-electron chi connectivity index (χ3n) is 3.60. The first kappa shape index (κ1) is 14.1. The summed E-state index contributed by atoms with van der Waals surface area (Å²) >= 11 is 5.38. The highest BCUT2D eigenvalue weighted by atomic mass is 79.9. The minimum absolute atomic E-state index is 0.159. The molecule has 0 fully saturated rings. The van der Waals surface area contributed by atoms with Crippen LogP contribution in [-0.2, 0) is 0 Å². The number of ether oxygens (including phenoxy) is 1. The number of benzene rings is 1. The summed E-state index contributed by atoms with van der Waals surface area (Å²) < 4.78 is 7.32. The number of fused-ring (bicyclic) bond motifs is 1. The summed E-state index contributed by atoms with van der Waals surface area (Å²) in [5.74, 6) is 1.00. The van der Waals surface area contributed by atoms with Gasteiger partial charge in [-0.05, 0) is 43.8 Å². The summed E-state index contributed by atoms with van der Waals surface area (Å²) in [5.41, 5.74) is 1.26. The minimum atomic E-state index is 0.159. The molecule has 0 spiro atoms. The Balaban J connectivity index is 1.94. The first-order valence-electron chi connectivity index (χ1n) is 6.93. The SMILES string of the molecule is CCNC1CC(c2ccc(C)s2)Oc2ccc(Br)cc21. The third kappa shape index (κ3) is 2.78. The summed E-state index contributed by atoms with van der Waals surface area (Å²) in [7, 11) is 0. The van der Waals surface area contributed by atoms with Crippen molar-refractivity contribution in [2.24, 2.45) is 0 Å². The van der Waals surface area contributed by atoms with E-state index in [9.17, 15) is 0 Å². The van der Waals surface area contributed by atoms with Crippen LogP contribution in [0, 0.1) is 6.92 Å². The van der Waals surface area contributed by atoms with Gasteiger partial charge in [-0.3, -0.25) is 0 Å². The highest BCUT2D eigenvalue weighted by Crippen LogP contribution is 2.43. The molecule has 0 bridgehead atoms. The normalized spacial score (nSPS) is 21.4. The molecule has 0 saturated carbocycles. The Bertz CT molecular complexity index is 610. The third-order valence-corrected chi connectivity index (χ3v) is 5.18. The lowest BCUT2D eigenvalue weighted by molar-refractivity contribution is 0.155. The van der Waals surface area contributed by atoms with Crippen LogP contribution in [0.4, 0.5) is 0 Å². The lowest BCUT2D eigenvalue weighted by atomic mass is 9.96. The van der Waals surface area contributed by atoms with Crippen molar-refractivity contribution in [2.45, 2.75) is 32.4 Å². The number of hydrogen-bond acceptors (Lipinski definition) is 3. The van der Waals surface area contributed by atoms with E-state index in [2.05, 4.69) is 59.4 Å². The maximum atomic E-state index is 6.21. The Morgan fingerprint density at radius 2 is 2.20 bits per heavy atom. The van der Waals surface area contributed by atoms with E-state index in [1.807, 2.05) is 17.4 Å². The summed E-state index contributed by atoms with van der Waals surface area (Å²) in [6, 6.07) is 11.0. The summed E-state index contributed by atoms with van der Waals surface area (Å²) in [5, 5.41) is 3.58. The summed E-state index contributed by atoms with van der Waals surface area (Å²) in [6.07, 6.45) is 1.14. The highest BCUT2D eigenvalue weighted by molar-refractivity contribution is 9.10. The van der Waals surface area contributed by atoms with Crippen LogP contribution in [0.1, 0.15) is 40.8 Å². The molecule has 0 radical (unpaired) electrons. The first-order valence-corrected chi connectivity index (χ1v) is 8.54. The molecule has 2 atom stereocenters. The Labute approximate surface area is 132 Å². The van der Waals surface area contributed by atoms with Gasteiger partial charge in [0.2, 0.25) is 0 Å². The van der Waals surface area contributed by atoms with Crippen LogP contribution in [0.25, 0.3) is 0 Å². The smallest absolute Gasteiger partial charge is 0.135 e. The van der Waals surface area contributed by atoms with Crippen molar-refractivity contribution >= 4 is 27.3 Å². The minimum Gasteiger partial charge on any atom is -0.484 e. The van der Waals surface area contributed by atoms with Crippen LogP contribution < -0.4 is 10.1 Å². The van der Waals surface area contributed by atoms with E-state index in [4.69, 9.17) is 4.74 Å². The number of halogens is 1. The Kier molecular flexibility index (Phi) is 4.15. The second-order valence-corrected chi connectivity index (χ2v) is 7.32. The Hall–Kier alpha value is -0.840. The average molecular weight is 352 g/mol. The first-order chi connectivity index (χ1) is 9.67. The molecule has 2 nitrogen and oxygen atoms in total. The lowest BCUT2D eigenvalue weighted by Gasteiger charge is -2.32.